The molecule has 0 bridgehead atoms. The molecule has 1 heterocycles. The van der Waals surface area contributed by atoms with Crippen LogP contribution in [0.4, 0.5) is 10.5 Å². The minimum absolute atomic E-state index is 0.0309. The summed E-state index contributed by atoms with van der Waals surface area (Å²) in [6.45, 7) is 9.35. The van der Waals surface area contributed by atoms with Crippen molar-refractivity contribution in [3.8, 4) is 0 Å². The van der Waals surface area contributed by atoms with Gasteiger partial charge in [-0.05, 0) is 54.0 Å². The average molecular weight is 478 g/mol. The van der Waals surface area contributed by atoms with Crippen molar-refractivity contribution in [3.63, 3.8) is 0 Å². The SMILES string of the molecule is CCC(C)N(CC(=O)N(Cc1ccccc1)Cc1cccs1)C(=O)Nc1ccc(C(C)C)cc1. The fourth-order valence-corrected chi connectivity index (χ4v) is 4.39. The molecule has 0 saturated carbocycles. The van der Waals surface area contributed by atoms with Crippen LogP contribution in [0.1, 0.15) is 56.0 Å². The summed E-state index contributed by atoms with van der Waals surface area (Å²) in [4.78, 5) is 31.3. The van der Waals surface area contributed by atoms with Gasteiger partial charge in [0.05, 0.1) is 6.54 Å². The van der Waals surface area contributed by atoms with E-state index >= 15 is 0 Å². The summed E-state index contributed by atoms with van der Waals surface area (Å²) < 4.78 is 0. The zero-order valence-corrected chi connectivity index (χ0v) is 21.3. The predicted molar refractivity (Wildman–Crippen MR) is 141 cm³/mol. The van der Waals surface area contributed by atoms with Crippen LogP contribution >= 0.6 is 11.3 Å². The molecule has 1 unspecified atom stereocenters. The van der Waals surface area contributed by atoms with Gasteiger partial charge in [0.1, 0.15) is 6.54 Å². The Hall–Kier alpha value is -3.12. The molecule has 0 radical (unpaired) electrons. The molecule has 1 atom stereocenters. The van der Waals surface area contributed by atoms with E-state index in [1.165, 1.54) is 5.56 Å². The Labute approximate surface area is 207 Å². The molecule has 3 amide bonds. The number of benzene rings is 2. The quantitative estimate of drug-likeness (QED) is 0.352. The standard InChI is InChI=1S/C28H35N3O2S/c1-5-22(4)31(28(33)29-25-15-13-24(14-16-25)21(2)3)20-27(32)30(19-26-12-9-17-34-26)18-23-10-7-6-8-11-23/h6-17,21-22H,5,18-20H2,1-4H3,(H,29,33). The summed E-state index contributed by atoms with van der Waals surface area (Å²) in [5.74, 6) is 0.362. The second-order valence-corrected chi connectivity index (χ2v) is 9.94. The van der Waals surface area contributed by atoms with E-state index in [2.05, 4.69) is 19.2 Å². The highest BCUT2D eigenvalue weighted by Gasteiger charge is 2.25. The van der Waals surface area contributed by atoms with Crippen molar-refractivity contribution in [2.45, 2.75) is 59.2 Å². The summed E-state index contributed by atoms with van der Waals surface area (Å²) in [6.07, 6.45) is 0.761. The highest BCUT2D eigenvalue weighted by molar-refractivity contribution is 7.09. The predicted octanol–water partition coefficient (Wildman–Crippen LogP) is 6.73. The van der Waals surface area contributed by atoms with Crippen molar-refractivity contribution >= 4 is 29.0 Å². The van der Waals surface area contributed by atoms with Gasteiger partial charge in [-0.25, -0.2) is 4.79 Å². The van der Waals surface area contributed by atoms with Crippen molar-refractivity contribution in [3.05, 3.63) is 88.1 Å². The van der Waals surface area contributed by atoms with Gasteiger partial charge in [0.15, 0.2) is 0 Å². The number of nitrogens with one attached hydrogen (secondary N) is 1. The first kappa shape index (κ1) is 25.5. The van der Waals surface area contributed by atoms with Crippen LogP contribution in [0.2, 0.25) is 0 Å². The number of anilines is 1. The maximum Gasteiger partial charge on any atom is 0.322 e. The lowest BCUT2D eigenvalue weighted by Crippen LogP contribution is -2.47. The number of carbonyl (C=O) groups is 2. The Kier molecular flexibility index (Phi) is 9.28. The van der Waals surface area contributed by atoms with Crippen LogP contribution in [0.15, 0.2) is 72.1 Å². The number of urea groups is 1. The molecular weight excluding hydrogens is 442 g/mol. The number of hydrogen-bond acceptors (Lipinski definition) is 3. The number of amides is 3. The van der Waals surface area contributed by atoms with Gasteiger partial charge in [0, 0.05) is 23.2 Å². The number of thiophene rings is 1. The summed E-state index contributed by atoms with van der Waals surface area (Å²) in [5, 5.41) is 5.00. The van der Waals surface area contributed by atoms with Gasteiger partial charge in [-0.1, -0.05) is 69.3 Å². The van der Waals surface area contributed by atoms with Crippen LogP contribution in [0.25, 0.3) is 0 Å². The van der Waals surface area contributed by atoms with Gasteiger partial charge < -0.3 is 15.1 Å². The maximum atomic E-state index is 13.5. The van der Waals surface area contributed by atoms with E-state index < -0.39 is 0 Å². The van der Waals surface area contributed by atoms with Crippen LogP contribution in [0.5, 0.6) is 0 Å². The normalized spacial score (nSPS) is 11.8. The van der Waals surface area contributed by atoms with Gasteiger partial charge in [0.25, 0.3) is 0 Å². The lowest BCUT2D eigenvalue weighted by molar-refractivity contribution is -0.133. The van der Waals surface area contributed by atoms with Crippen LogP contribution in [-0.2, 0) is 17.9 Å². The monoisotopic (exact) mass is 477 g/mol. The Balaban J connectivity index is 1.74. The number of carbonyl (C=O) groups excluding carboxylic acids is 2. The summed E-state index contributed by atoms with van der Waals surface area (Å²) in [5.41, 5.74) is 3.02. The highest BCUT2D eigenvalue weighted by Crippen LogP contribution is 2.19. The third-order valence-electron chi connectivity index (χ3n) is 6.01. The molecule has 0 spiro atoms. The van der Waals surface area contributed by atoms with Crippen molar-refractivity contribution in [2.75, 3.05) is 11.9 Å². The maximum absolute atomic E-state index is 13.5. The minimum Gasteiger partial charge on any atom is -0.332 e. The van der Waals surface area contributed by atoms with Crippen LogP contribution in [0.3, 0.4) is 0 Å². The second kappa shape index (κ2) is 12.4. The van der Waals surface area contributed by atoms with E-state index in [1.54, 1.807) is 16.2 Å². The third-order valence-corrected chi connectivity index (χ3v) is 6.87. The first-order chi connectivity index (χ1) is 16.4. The van der Waals surface area contributed by atoms with Crippen molar-refractivity contribution in [1.29, 1.82) is 0 Å². The number of hydrogen-bond donors (Lipinski definition) is 1. The first-order valence-corrected chi connectivity index (χ1v) is 12.8. The molecule has 1 aromatic heterocycles. The second-order valence-electron chi connectivity index (χ2n) is 8.91. The van der Waals surface area contributed by atoms with Gasteiger partial charge in [0.2, 0.25) is 5.91 Å². The Morgan fingerprint density at radius 3 is 2.21 bits per heavy atom. The number of rotatable bonds is 10. The highest BCUT2D eigenvalue weighted by atomic mass is 32.1. The molecule has 2 aromatic carbocycles. The van der Waals surface area contributed by atoms with E-state index in [4.69, 9.17) is 0 Å². The zero-order valence-electron chi connectivity index (χ0n) is 20.5. The zero-order chi connectivity index (χ0) is 24.5. The van der Waals surface area contributed by atoms with Crippen LogP contribution in [-0.4, -0.2) is 34.3 Å². The van der Waals surface area contributed by atoms with E-state index in [0.717, 1.165) is 22.5 Å². The molecule has 3 aromatic rings. The minimum atomic E-state index is -0.254. The lowest BCUT2D eigenvalue weighted by atomic mass is 10.0. The number of nitrogens with zero attached hydrogens (tertiary/aromatic N) is 2. The van der Waals surface area contributed by atoms with E-state index in [1.807, 2.05) is 90.9 Å². The fraction of sp³-hybridized carbons (Fsp3) is 0.357. The van der Waals surface area contributed by atoms with E-state index in [-0.39, 0.29) is 24.5 Å². The summed E-state index contributed by atoms with van der Waals surface area (Å²) in [6, 6.07) is 21.6. The smallest absolute Gasteiger partial charge is 0.322 e. The molecule has 0 aliphatic carbocycles. The lowest BCUT2D eigenvalue weighted by Gasteiger charge is -2.31. The Morgan fingerprint density at radius 2 is 1.62 bits per heavy atom. The van der Waals surface area contributed by atoms with Crippen LogP contribution < -0.4 is 5.32 Å². The summed E-state index contributed by atoms with van der Waals surface area (Å²) >= 11 is 1.63. The molecule has 0 aliphatic heterocycles. The molecule has 34 heavy (non-hydrogen) atoms. The van der Waals surface area contributed by atoms with Gasteiger partial charge in [-0.2, -0.15) is 0 Å². The van der Waals surface area contributed by atoms with Gasteiger partial charge >= 0.3 is 6.03 Å². The fourth-order valence-electron chi connectivity index (χ4n) is 3.67. The first-order valence-electron chi connectivity index (χ1n) is 11.9. The average Bonchev–Trinajstić information content (AvgIpc) is 3.35. The largest absolute Gasteiger partial charge is 0.332 e. The van der Waals surface area contributed by atoms with Gasteiger partial charge in [-0.15, -0.1) is 11.3 Å². The van der Waals surface area contributed by atoms with Crippen molar-refractivity contribution in [2.24, 2.45) is 0 Å². The Morgan fingerprint density at radius 1 is 0.912 bits per heavy atom. The molecule has 6 heteroatoms. The molecule has 0 aliphatic rings. The molecule has 0 fully saturated rings. The van der Waals surface area contributed by atoms with Crippen molar-refractivity contribution in [1.82, 2.24) is 9.80 Å². The van der Waals surface area contributed by atoms with E-state index in [0.29, 0.717) is 19.0 Å². The van der Waals surface area contributed by atoms with Crippen LogP contribution in [0, 0.1) is 0 Å². The molecule has 3 rings (SSSR count). The Bertz CT molecular complexity index is 1030. The molecule has 1 N–H and O–H groups in total. The van der Waals surface area contributed by atoms with Gasteiger partial charge in [-0.3, -0.25) is 4.79 Å². The molecular formula is C28H35N3O2S. The van der Waals surface area contributed by atoms with E-state index in [9.17, 15) is 9.59 Å². The third kappa shape index (κ3) is 7.19. The molecule has 180 valence electrons. The topological polar surface area (TPSA) is 52.7 Å². The molecule has 0 saturated heterocycles. The summed E-state index contributed by atoms with van der Waals surface area (Å²) in [7, 11) is 0. The van der Waals surface area contributed by atoms with Crippen molar-refractivity contribution < 1.29 is 9.59 Å². The molecule has 5 nitrogen and oxygen atoms in total.